The molecule has 0 aromatic carbocycles. The maximum absolute atomic E-state index is 7.11. The van der Waals surface area contributed by atoms with Crippen LogP contribution in [0.4, 0.5) is 0 Å². The average Bonchev–Trinajstić information content (AvgIpc) is 2.11. The molecule has 0 radical (unpaired) electrons. The van der Waals surface area contributed by atoms with Gasteiger partial charge in [0.2, 0.25) is 0 Å². The molecule has 0 aliphatic heterocycles. The van der Waals surface area contributed by atoms with E-state index in [9.17, 15) is 0 Å². The highest BCUT2D eigenvalue weighted by Crippen LogP contribution is 2.11. The first kappa shape index (κ1) is 11.6. The maximum Gasteiger partial charge on any atom is 0.103 e. The van der Waals surface area contributed by atoms with Crippen molar-refractivity contribution in [3.8, 4) is 0 Å². The monoisotopic (exact) mass is 181 g/mol. The highest BCUT2D eigenvalue weighted by molar-refractivity contribution is 6.37. The van der Waals surface area contributed by atoms with Crippen LogP contribution in [0, 0.1) is 11.3 Å². The van der Waals surface area contributed by atoms with Gasteiger partial charge in [0, 0.05) is 13.8 Å². The van der Waals surface area contributed by atoms with Gasteiger partial charge in [0.25, 0.3) is 0 Å². The van der Waals surface area contributed by atoms with E-state index in [0.717, 1.165) is 11.8 Å². The molecule has 3 N–H and O–H groups in total. The molecule has 0 fully saturated rings. The third kappa shape index (κ3) is 3.23. The summed E-state index contributed by atoms with van der Waals surface area (Å²) in [4.78, 5) is 3.90. The van der Waals surface area contributed by atoms with Gasteiger partial charge in [0.05, 0.1) is 5.70 Å². The van der Waals surface area contributed by atoms with E-state index >= 15 is 0 Å². The molecular weight excluding hydrogens is 162 g/mol. The van der Waals surface area contributed by atoms with E-state index < -0.39 is 0 Å². The Morgan fingerprint density at radius 1 is 1.62 bits per heavy atom. The molecule has 0 spiro atoms. The second kappa shape index (κ2) is 5.30. The minimum Gasteiger partial charge on any atom is -0.397 e. The van der Waals surface area contributed by atoms with E-state index in [1.165, 1.54) is 6.20 Å². The molecule has 3 nitrogen and oxygen atoms in total. The smallest absolute Gasteiger partial charge is 0.103 e. The molecule has 0 saturated heterocycles. The summed E-state index contributed by atoms with van der Waals surface area (Å²) in [5.74, 6) is 0.370. The minimum atomic E-state index is 0. The van der Waals surface area contributed by atoms with Crippen molar-refractivity contribution in [1.29, 1.82) is 5.41 Å². The number of hydrogen-bond donors (Lipinski definition) is 2. The van der Waals surface area contributed by atoms with E-state index in [2.05, 4.69) is 25.4 Å². The van der Waals surface area contributed by atoms with Crippen LogP contribution in [0.1, 0.15) is 22.2 Å². The molecule has 0 amide bonds. The predicted octanol–water partition coefficient (Wildman–Crippen LogP) is 2.36. The van der Waals surface area contributed by atoms with Crippen molar-refractivity contribution in [2.45, 2.75) is 20.8 Å². The summed E-state index contributed by atoms with van der Waals surface area (Å²) in [7, 11) is 0. The molecule has 0 aliphatic rings. The van der Waals surface area contributed by atoms with Crippen molar-refractivity contribution in [3.05, 3.63) is 24.0 Å². The van der Waals surface area contributed by atoms with Crippen molar-refractivity contribution in [2.24, 2.45) is 16.6 Å². The predicted molar refractivity (Wildman–Crippen MR) is 60.3 cm³/mol. The summed E-state index contributed by atoms with van der Waals surface area (Å²) in [6.07, 6.45) is 2.53. The molecule has 0 saturated carbocycles. The van der Waals surface area contributed by atoms with Crippen LogP contribution >= 0.6 is 0 Å². The number of rotatable bonds is 4. The lowest BCUT2D eigenvalue weighted by atomic mass is 10.0. The third-order valence-corrected chi connectivity index (χ3v) is 1.93. The largest absolute Gasteiger partial charge is 0.397 e. The molecular formula is C10H19N3. The first-order valence-electron chi connectivity index (χ1n) is 4.20. The molecule has 0 atom stereocenters. The average molecular weight is 181 g/mol. The van der Waals surface area contributed by atoms with Gasteiger partial charge >= 0.3 is 0 Å². The fourth-order valence-electron chi connectivity index (χ4n) is 0.796. The number of aliphatic imine (C=N–C) groups is 1. The van der Waals surface area contributed by atoms with E-state index in [1.807, 2.05) is 6.92 Å². The standard InChI is InChI=1S/C10H17N3.H2/c1-5-13-9(6-11)10(12)8(4)7(2)3;/h5-7,11H,1,12H2,2-4H3;1H/b10-8-,11-6?,13-9?;. The molecule has 0 aliphatic carbocycles. The number of nitrogens with two attached hydrogens (primary N) is 1. The van der Waals surface area contributed by atoms with Gasteiger partial charge in [-0.1, -0.05) is 20.4 Å². The Hall–Kier alpha value is -1.38. The quantitative estimate of drug-likeness (QED) is 0.642. The number of nitrogens with zero attached hydrogens (tertiary/aromatic N) is 1. The second-order valence-electron chi connectivity index (χ2n) is 3.09. The van der Waals surface area contributed by atoms with Crippen LogP contribution in [0.3, 0.4) is 0 Å². The van der Waals surface area contributed by atoms with Crippen LogP contribution in [0.15, 0.2) is 29.0 Å². The Balaban J connectivity index is 0. The van der Waals surface area contributed by atoms with Crippen molar-refractivity contribution < 1.29 is 1.43 Å². The zero-order valence-electron chi connectivity index (χ0n) is 8.46. The third-order valence-electron chi connectivity index (χ3n) is 1.93. The van der Waals surface area contributed by atoms with Gasteiger partial charge in [-0.25, -0.2) is 0 Å². The molecule has 0 bridgehead atoms. The lowest BCUT2D eigenvalue weighted by molar-refractivity contribution is 0.761. The van der Waals surface area contributed by atoms with Crippen molar-refractivity contribution in [1.82, 2.24) is 0 Å². The van der Waals surface area contributed by atoms with Gasteiger partial charge in [-0.05, 0) is 18.4 Å². The lowest BCUT2D eigenvalue weighted by Crippen LogP contribution is -2.16. The highest BCUT2D eigenvalue weighted by atomic mass is 14.8. The fraction of sp³-hybridized carbons (Fsp3) is 0.400. The highest BCUT2D eigenvalue weighted by Gasteiger charge is 2.06. The maximum atomic E-state index is 7.11. The second-order valence-corrected chi connectivity index (χ2v) is 3.09. The van der Waals surface area contributed by atoms with Crippen molar-refractivity contribution in [2.75, 3.05) is 0 Å². The molecule has 0 heterocycles. The zero-order valence-corrected chi connectivity index (χ0v) is 8.46. The number of nitrogens with one attached hydrogen (secondary N) is 1. The minimum absolute atomic E-state index is 0. The topological polar surface area (TPSA) is 62.2 Å². The summed E-state index contributed by atoms with van der Waals surface area (Å²) >= 11 is 0. The molecule has 0 aromatic rings. The summed E-state index contributed by atoms with van der Waals surface area (Å²) in [6.45, 7) is 9.52. The van der Waals surface area contributed by atoms with Gasteiger partial charge in [-0.3, -0.25) is 4.99 Å². The Morgan fingerprint density at radius 3 is 2.46 bits per heavy atom. The molecule has 0 unspecified atom stereocenters. The SMILES string of the molecule is C=CN=C(C=N)/C(N)=C(\C)C(C)C.[HH]. The lowest BCUT2D eigenvalue weighted by Gasteiger charge is -2.09. The fourth-order valence-corrected chi connectivity index (χ4v) is 0.796. The molecule has 74 valence electrons. The Labute approximate surface area is 81.0 Å². The van der Waals surface area contributed by atoms with Gasteiger partial charge in [0.1, 0.15) is 5.71 Å². The molecule has 13 heavy (non-hydrogen) atoms. The van der Waals surface area contributed by atoms with Crippen LogP contribution < -0.4 is 5.73 Å². The van der Waals surface area contributed by atoms with E-state index in [-0.39, 0.29) is 1.43 Å². The van der Waals surface area contributed by atoms with E-state index in [1.54, 1.807) is 0 Å². The van der Waals surface area contributed by atoms with Gasteiger partial charge in [-0.15, -0.1) is 0 Å². The summed E-state index contributed by atoms with van der Waals surface area (Å²) in [6, 6.07) is 0. The van der Waals surface area contributed by atoms with E-state index in [0.29, 0.717) is 17.3 Å². The first-order valence-corrected chi connectivity index (χ1v) is 4.20. The van der Waals surface area contributed by atoms with Crippen LogP contribution in [0.25, 0.3) is 0 Å². The van der Waals surface area contributed by atoms with Crippen LogP contribution in [0.2, 0.25) is 0 Å². The Kier molecular flexibility index (Phi) is 4.74. The molecule has 0 aromatic heterocycles. The van der Waals surface area contributed by atoms with Gasteiger partial charge < -0.3 is 11.1 Å². The first-order chi connectivity index (χ1) is 6.04. The summed E-state index contributed by atoms with van der Waals surface area (Å²) in [5.41, 5.74) is 7.90. The van der Waals surface area contributed by atoms with Crippen LogP contribution in [-0.4, -0.2) is 11.9 Å². The van der Waals surface area contributed by atoms with E-state index in [4.69, 9.17) is 11.1 Å². The number of allylic oxidation sites excluding steroid dienone is 2. The zero-order chi connectivity index (χ0) is 10.4. The van der Waals surface area contributed by atoms with Crippen molar-refractivity contribution in [3.63, 3.8) is 0 Å². The summed E-state index contributed by atoms with van der Waals surface area (Å²) in [5, 5.41) is 7.11. The Bertz CT molecular complexity index is 265. The normalized spacial score (nSPS) is 14.0. The summed E-state index contributed by atoms with van der Waals surface area (Å²) < 4.78 is 0. The Morgan fingerprint density at radius 2 is 2.15 bits per heavy atom. The van der Waals surface area contributed by atoms with Gasteiger partial charge in [0.15, 0.2) is 0 Å². The van der Waals surface area contributed by atoms with Crippen molar-refractivity contribution >= 4 is 11.9 Å². The van der Waals surface area contributed by atoms with Crippen LogP contribution in [-0.2, 0) is 0 Å². The van der Waals surface area contributed by atoms with Gasteiger partial charge in [-0.2, -0.15) is 0 Å². The van der Waals surface area contributed by atoms with Crippen LogP contribution in [0.5, 0.6) is 0 Å². The number of hydrogen-bond acceptors (Lipinski definition) is 3. The molecule has 3 heteroatoms. The molecule has 0 rings (SSSR count).